The highest BCUT2D eigenvalue weighted by molar-refractivity contribution is 7.99. The average molecular weight is 187 g/mol. The van der Waals surface area contributed by atoms with Crippen molar-refractivity contribution >= 4 is 11.8 Å². The molecule has 0 spiro atoms. The maximum atomic E-state index is 12.5. The van der Waals surface area contributed by atoms with E-state index in [2.05, 4.69) is 4.98 Å². The molecule has 0 atom stereocenters. The number of hydrogen-bond acceptors (Lipinski definition) is 3. The monoisotopic (exact) mass is 187 g/mol. The van der Waals surface area contributed by atoms with Crippen LogP contribution in [-0.2, 0) is 4.74 Å². The molecule has 1 rings (SSSR count). The van der Waals surface area contributed by atoms with Crippen LogP contribution in [0.15, 0.2) is 23.2 Å². The Hall–Kier alpha value is -0.610. The smallest absolute Gasteiger partial charge is 0.213 e. The first kappa shape index (κ1) is 9.48. The molecular formula is C8H10FNOS. The van der Waals surface area contributed by atoms with Gasteiger partial charge in [0.15, 0.2) is 0 Å². The zero-order chi connectivity index (χ0) is 8.81. The predicted octanol–water partition coefficient (Wildman–Crippen LogP) is 1.96. The summed E-state index contributed by atoms with van der Waals surface area (Å²) < 4.78 is 17.4. The van der Waals surface area contributed by atoms with Crippen LogP contribution in [0.25, 0.3) is 0 Å². The van der Waals surface area contributed by atoms with Crippen molar-refractivity contribution in [2.45, 2.75) is 4.90 Å². The van der Waals surface area contributed by atoms with Crippen LogP contribution in [0.1, 0.15) is 0 Å². The second-order valence-electron chi connectivity index (χ2n) is 2.16. The Morgan fingerprint density at radius 2 is 2.50 bits per heavy atom. The molecule has 2 nitrogen and oxygen atoms in total. The fraction of sp³-hybridized carbons (Fsp3) is 0.375. The van der Waals surface area contributed by atoms with Gasteiger partial charge in [0.1, 0.15) is 0 Å². The fourth-order valence-corrected chi connectivity index (χ4v) is 1.54. The van der Waals surface area contributed by atoms with E-state index in [1.165, 1.54) is 12.3 Å². The van der Waals surface area contributed by atoms with E-state index in [0.717, 1.165) is 10.6 Å². The number of rotatable bonds is 4. The highest BCUT2D eigenvalue weighted by Crippen LogP contribution is 2.16. The Bertz CT molecular complexity index is 244. The Balaban J connectivity index is 2.41. The molecule has 1 heterocycles. The Kier molecular flexibility index (Phi) is 4.04. The van der Waals surface area contributed by atoms with Gasteiger partial charge in [0.05, 0.1) is 6.61 Å². The lowest BCUT2D eigenvalue weighted by atomic mass is 10.5. The second kappa shape index (κ2) is 5.11. The summed E-state index contributed by atoms with van der Waals surface area (Å²) in [6, 6.07) is 3.20. The topological polar surface area (TPSA) is 22.1 Å². The van der Waals surface area contributed by atoms with Crippen molar-refractivity contribution in [3.8, 4) is 0 Å². The molecule has 4 heteroatoms. The number of thioether (sulfide) groups is 1. The van der Waals surface area contributed by atoms with Gasteiger partial charge in [-0.25, -0.2) is 4.98 Å². The van der Waals surface area contributed by atoms with Gasteiger partial charge in [-0.05, 0) is 6.07 Å². The number of methoxy groups -OCH3 is 1. The minimum Gasteiger partial charge on any atom is -0.384 e. The molecule has 66 valence electrons. The van der Waals surface area contributed by atoms with Gasteiger partial charge in [-0.15, -0.1) is 11.8 Å². The number of nitrogens with zero attached hydrogens (tertiary/aromatic N) is 1. The summed E-state index contributed by atoms with van der Waals surface area (Å²) in [5, 5.41) is 0. The Morgan fingerprint density at radius 3 is 3.17 bits per heavy atom. The summed E-state index contributed by atoms with van der Waals surface area (Å²) in [7, 11) is 1.65. The van der Waals surface area contributed by atoms with Gasteiger partial charge in [0, 0.05) is 30.0 Å². The molecule has 0 N–H and O–H groups in total. The molecule has 0 aliphatic carbocycles. The third kappa shape index (κ3) is 3.19. The van der Waals surface area contributed by atoms with E-state index in [1.54, 1.807) is 24.9 Å². The molecule has 0 saturated heterocycles. The summed E-state index contributed by atoms with van der Waals surface area (Å²) in [6.07, 6.45) is 1.46. The molecule has 1 aromatic heterocycles. The third-order valence-corrected chi connectivity index (χ3v) is 2.21. The molecule has 12 heavy (non-hydrogen) atoms. The highest BCUT2D eigenvalue weighted by Gasteiger charge is 1.95. The molecule has 1 aromatic rings. The number of hydrogen-bond donors (Lipinski definition) is 0. The third-order valence-electron chi connectivity index (χ3n) is 1.25. The normalized spacial score (nSPS) is 10.2. The van der Waals surface area contributed by atoms with Crippen LogP contribution in [0.5, 0.6) is 0 Å². The van der Waals surface area contributed by atoms with Crippen molar-refractivity contribution in [3.05, 3.63) is 24.3 Å². The summed E-state index contributed by atoms with van der Waals surface area (Å²) in [5.74, 6) is 0.400. The van der Waals surface area contributed by atoms with Crippen molar-refractivity contribution in [3.63, 3.8) is 0 Å². The summed E-state index contributed by atoms with van der Waals surface area (Å²) in [5.41, 5.74) is 0. The standard InChI is InChI=1S/C8H10FNOS/c1-11-4-5-12-7-2-3-10-8(9)6-7/h2-3,6H,4-5H2,1H3. The van der Waals surface area contributed by atoms with Crippen LogP contribution in [0, 0.1) is 5.95 Å². The quantitative estimate of drug-likeness (QED) is 0.408. The Labute approximate surface area is 75.1 Å². The van der Waals surface area contributed by atoms with Crippen molar-refractivity contribution in [1.82, 2.24) is 4.98 Å². The molecule has 0 saturated carbocycles. The van der Waals surface area contributed by atoms with E-state index in [1.807, 2.05) is 0 Å². The number of halogens is 1. The first-order chi connectivity index (χ1) is 5.83. The van der Waals surface area contributed by atoms with E-state index in [9.17, 15) is 4.39 Å². The zero-order valence-electron chi connectivity index (χ0n) is 6.79. The lowest BCUT2D eigenvalue weighted by Crippen LogP contribution is -1.91. The van der Waals surface area contributed by atoms with Crippen LogP contribution < -0.4 is 0 Å². The van der Waals surface area contributed by atoms with Crippen LogP contribution in [0.3, 0.4) is 0 Å². The fourth-order valence-electron chi connectivity index (χ4n) is 0.717. The van der Waals surface area contributed by atoms with E-state index < -0.39 is 5.95 Å². The largest absolute Gasteiger partial charge is 0.384 e. The van der Waals surface area contributed by atoms with Crippen LogP contribution in [-0.4, -0.2) is 24.5 Å². The van der Waals surface area contributed by atoms with E-state index in [4.69, 9.17) is 4.74 Å². The highest BCUT2D eigenvalue weighted by atomic mass is 32.2. The van der Waals surface area contributed by atoms with Crippen molar-refractivity contribution in [1.29, 1.82) is 0 Å². The van der Waals surface area contributed by atoms with Gasteiger partial charge in [0.25, 0.3) is 0 Å². The maximum absolute atomic E-state index is 12.5. The summed E-state index contributed by atoms with van der Waals surface area (Å²) in [6.45, 7) is 0.675. The first-order valence-electron chi connectivity index (χ1n) is 3.56. The minimum absolute atomic E-state index is 0.433. The molecule has 0 radical (unpaired) electrons. The summed E-state index contributed by atoms with van der Waals surface area (Å²) in [4.78, 5) is 4.35. The number of ether oxygens (including phenoxy) is 1. The van der Waals surface area contributed by atoms with E-state index in [0.29, 0.717) is 6.61 Å². The lowest BCUT2D eigenvalue weighted by molar-refractivity contribution is 0.218. The molecule has 0 aromatic carbocycles. The van der Waals surface area contributed by atoms with Crippen LogP contribution in [0.2, 0.25) is 0 Å². The maximum Gasteiger partial charge on any atom is 0.213 e. The minimum atomic E-state index is -0.433. The molecule has 0 bridgehead atoms. The van der Waals surface area contributed by atoms with Gasteiger partial charge in [0.2, 0.25) is 5.95 Å². The molecule has 0 fully saturated rings. The SMILES string of the molecule is COCCSc1ccnc(F)c1. The average Bonchev–Trinajstić information content (AvgIpc) is 2.05. The zero-order valence-corrected chi connectivity index (χ0v) is 7.60. The molecule has 0 aliphatic rings. The molecular weight excluding hydrogens is 177 g/mol. The second-order valence-corrected chi connectivity index (χ2v) is 3.32. The van der Waals surface area contributed by atoms with Crippen molar-refractivity contribution < 1.29 is 9.13 Å². The molecule has 0 amide bonds. The van der Waals surface area contributed by atoms with Crippen LogP contribution >= 0.6 is 11.8 Å². The van der Waals surface area contributed by atoms with Gasteiger partial charge in [-0.1, -0.05) is 0 Å². The number of pyridine rings is 1. The van der Waals surface area contributed by atoms with Crippen molar-refractivity contribution in [2.24, 2.45) is 0 Å². The van der Waals surface area contributed by atoms with Crippen LogP contribution in [0.4, 0.5) is 4.39 Å². The molecule has 0 unspecified atom stereocenters. The van der Waals surface area contributed by atoms with Crippen molar-refractivity contribution in [2.75, 3.05) is 19.5 Å². The van der Waals surface area contributed by atoms with Gasteiger partial charge in [-0.2, -0.15) is 4.39 Å². The first-order valence-corrected chi connectivity index (χ1v) is 4.55. The predicted molar refractivity (Wildman–Crippen MR) is 46.8 cm³/mol. The van der Waals surface area contributed by atoms with E-state index in [-0.39, 0.29) is 0 Å². The van der Waals surface area contributed by atoms with Gasteiger partial charge < -0.3 is 4.74 Å². The number of aromatic nitrogens is 1. The lowest BCUT2D eigenvalue weighted by Gasteiger charge is -1.99. The summed E-state index contributed by atoms with van der Waals surface area (Å²) >= 11 is 1.55. The molecule has 0 aliphatic heterocycles. The van der Waals surface area contributed by atoms with E-state index >= 15 is 0 Å². The Morgan fingerprint density at radius 1 is 1.67 bits per heavy atom. The van der Waals surface area contributed by atoms with Gasteiger partial charge >= 0.3 is 0 Å². The van der Waals surface area contributed by atoms with Gasteiger partial charge in [-0.3, -0.25) is 0 Å².